The zero-order chi connectivity index (χ0) is 13.6. The minimum Gasteiger partial charge on any atom is -0.312 e. The molecule has 0 aliphatic heterocycles. The summed E-state index contributed by atoms with van der Waals surface area (Å²) in [6, 6.07) is 0. The van der Waals surface area contributed by atoms with E-state index in [-0.39, 0.29) is 5.54 Å². The lowest BCUT2D eigenvalue weighted by atomic mass is 9.80. The van der Waals surface area contributed by atoms with Crippen LogP contribution in [0.4, 0.5) is 0 Å². The average Bonchev–Trinajstić information content (AvgIpc) is 2.85. The van der Waals surface area contributed by atoms with Crippen molar-refractivity contribution in [2.24, 2.45) is 23.7 Å². The SMILES string of the molecule is CC1CC2C=C3CCCC3=CC2C1CNC(C)(C)C. The van der Waals surface area contributed by atoms with Crippen molar-refractivity contribution in [1.82, 2.24) is 5.32 Å². The molecule has 1 nitrogen and oxygen atoms in total. The highest BCUT2D eigenvalue weighted by molar-refractivity contribution is 5.40. The first-order valence-corrected chi connectivity index (χ1v) is 8.11. The zero-order valence-corrected chi connectivity index (χ0v) is 13.0. The third-order valence-corrected chi connectivity index (χ3v) is 5.35. The van der Waals surface area contributed by atoms with Gasteiger partial charge in [-0.3, -0.25) is 0 Å². The molecule has 19 heavy (non-hydrogen) atoms. The van der Waals surface area contributed by atoms with Gasteiger partial charge in [-0.1, -0.05) is 19.1 Å². The van der Waals surface area contributed by atoms with Gasteiger partial charge in [-0.15, -0.1) is 0 Å². The predicted molar refractivity (Wildman–Crippen MR) is 82.0 cm³/mol. The molecule has 0 amide bonds. The summed E-state index contributed by atoms with van der Waals surface area (Å²) in [5.74, 6) is 3.33. The van der Waals surface area contributed by atoms with Crippen molar-refractivity contribution < 1.29 is 0 Å². The number of rotatable bonds is 2. The van der Waals surface area contributed by atoms with Crippen LogP contribution in [-0.2, 0) is 0 Å². The lowest BCUT2D eigenvalue weighted by molar-refractivity contribution is 0.297. The zero-order valence-electron chi connectivity index (χ0n) is 13.0. The molecule has 0 bridgehead atoms. The second kappa shape index (κ2) is 4.77. The Morgan fingerprint density at radius 2 is 1.84 bits per heavy atom. The van der Waals surface area contributed by atoms with Crippen molar-refractivity contribution in [2.75, 3.05) is 6.54 Å². The fourth-order valence-electron chi connectivity index (χ4n) is 4.31. The number of hydrogen-bond acceptors (Lipinski definition) is 1. The maximum Gasteiger partial charge on any atom is 0.00966 e. The standard InChI is InChI=1S/C18H29N/c1-12-8-15-9-13-6-5-7-14(13)10-16(15)17(12)11-19-18(2,3)4/h9-10,12,15-17,19H,5-8,11H2,1-4H3. The molecule has 2 saturated carbocycles. The van der Waals surface area contributed by atoms with Crippen LogP contribution in [0.1, 0.15) is 53.4 Å². The van der Waals surface area contributed by atoms with Crippen LogP contribution in [0.25, 0.3) is 0 Å². The smallest absolute Gasteiger partial charge is 0.00966 e. The van der Waals surface area contributed by atoms with E-state index in [2.05, 4.69) is 45.2 Å². The van der Waals surface area contributed by atoms with Gasteiger partial charge in [0.25, 0.3) is 0 Å². The molecular weight excluding hydrogens is 230 g/mol. The molecule has 3 aliphatic rings. The molecule has 0 heterocycles. The van der Waals surface area contributed by atoms with Gasteiger partial charge in [-0.05, 0) is 87.8 Å². The molecule has 1 heteroatoms. The molecule has 0 aromatic rings. The van der Waals surface area contributed by atoms with Crippen LogP contribution in [0.3, 0.4) is 0 Å². The van der Waals surface area contributed by atoms with E-state index in [1.54, 1.807) is 11.1 Å². The number of nitrogens with one attached hydrogen (secondary N) is 1. The summed E-state index contributed by atoms with van der Waals surface area (Å²) < 4.78 is 0. The van der Waals surface area contributed by atoms with E-state index < -0.39 is 0 Å². The number of fused-ring (bicyclic) bond motifs is 2. The van der Waals surface area contributed by atoms with Crippen LogP contribution in [0.2, 0.25) is 0 Å². The average molecular weight is 259 g/mol. The maximum atomic E-state index is 3.74. The van der Waals surface area contributed by atoms with E-state index in [1.165, 1.54) is 32.2 Å². The molecule has 0 saturated heterocycles. The normalized spacial score (nSPS) is 37.7. The fraction of sp³-hybridized carbons (Fsp3) is 0.778. The summed E-state index contributed by atoms with van der Waals surface area (Å²) in [4.78, 5) is 0. The molecule has 106 valence electrons. The van der Waals surface area contributed by atoms with Crippen LogP contribution < -0.4 is 5.32 Å². The van der Waals surface area contributed by atoms with E-state index in [1.807, 2.05) is 0 Å². The molecule has 1 N–H and O–H groups in total. The van der Waals surface area contributed by atoms with E-state index in [4.69, 9.17) is 0 Å². The van der Waals surface area contributed by atoms with Crippen LogP contribution in [0, 0.1) is 23.7 Å². The Labute approximate surface area is 118 Å². The van der Waals surface area contributed by atoms with Crippen molar-refractivity contribution in [3.8, 4) is 0 Å². The number of hydrogen-bond donors (Lipinski definition) is 1. The van der Waals surface area contributed by atoms with Crippen LogP contribution in [0.15, 0.2) is 23.3 Å². The molecule has 0 aromatic carbocycles. The Morgan fingerprint density at radius 3 is 2.53 bits per heavy atom. The molecule has 0 spiro atoms. The lowest BCUT2D eigenvalue weighted by Gasteiger charge is -2.30. The van der Waals surface area contributed by atoms with Gasteiger partial charge in [0.2, 0.25) is 0 Å². The van der Waals surface area contributed by atoms with Gasteiger partial charge >= 0.3 is 0 Å². The van der Waals surface area contributed by atoms with Crippen molar-refractivity contribution in [3.05, 3.63) is 23.3 Å². The Kier molecular flexibility index (Phi) is 3.37. The monoisotopic (exact) mass is 259 g/mol. The van der Waals surface area contributed by atoms with Crippen LogP contribution >= 0.6 is 0 Å². The summed E-state index contributed by atoms with van der Waals surface area (Å²) in [5.41, 5.74) is 3.63. The Morgan fingerprint density at radius 1 is 1.16 bits per heavy atom. The minimum absolute atomic E-state index is 0.244. The van der Waals surface area contributed by atoms with E-state index in [0.29, 0.717) is 0 Å². The van der Waals surface area contributed by atoms with E-state index >= 15 is 0 Å². The second-order valence-electron chi connectivity index (χ2n) is 7.99. The van der Waals surface area contributed by atoms with Crippen molar-refractivity contribution in [3.63, 3.8) is 0 Å². The van der Waals surface area contributed by atoms with Gasteiger partial charge in [0, 0.05) is 5.54 Å². The van der Waals surface area contributed by atoms with Crippen molar-refractivity contribution in [1.29, 1.82) is 0 Å². The molecule has 0 aromatic heterocycles. The lowest BCUT2D eigenvalue weighted by Crippen LogP contribution is -2.41. The Bertz CT molecular complexity index is 410. The third-order valence-electron chi connectivity index (χ3n) is 5.35. The highest BCUT2D eigenvalue weighted by Crippen LogP contribution is 2.49. The van der Waals surface area contributed by atoms with Crippen molar-refractivity contribution >= 4 is 0 Å². The van der Waals surface area contributed by atoms with E-state index in [9.17, 15) is 0 Å². The summed E-state index contributed by atoms with van der Waals surface area (Å²) >= 11 is 0. The van der Waals surface area contributed by atoms with Gasteiger partial charge in [0.05, 0.1) is 0 Å². The topological polar surface area (TPSA) is 12.0 Å². The second-order valence-corrected chi connectivity index (χ2v) is 7.99. The van der Waals surface area contributed by atoms with Crippen LogP contribution in [-0.4, -0.2) is 12.1 Å². The van der Waals surface area contributed by atoms with Gasteiger partial charge < -0.3 is 5.32 Å². The molecule has 2 fully saturated rings. The molecular formula is C18H29N. The quantitative estimate of drug-likeness (QED) is 0.779. The van der Waals surface area contributed by atoms with Gasteiger partial charge in [-0.2, -0.15) is 0 Å². The van der Waals surface area contributed by atoms with Gasteiger partial charge in [-0.25, -0.2) is 0 Å². The molecule has 3 rings (SSSR count). The van der Waals surface area contributed by atoms with E-state index in [0.717, 1.165) is 23.7 Å². The molecule has 3 aliphatic carbocycles. The summed E-state index contributed by atoms with van der Waals surface area (Å²) in [7, 11) is 0. The van der Waals surface area contributed by atoms with Gasteiger partial charge in [0.15, 0.2) is 0 Å². The molecule has 0 radical (unpaired) electrons. The third kappa shape index (κ3) is 2.67. The summed E-state index contributed by atoms with van der Waals surface area (Å²) in [6.07, 6.45) is 10.8. The summed E-state index contributed by atoms with van der Waals surface area (Å²) in [5, 5.41) is 3.74. The molecule has 4 atom stereocenters. The minimum atomic E-state index is 0.244. The first-order valence-electron chi connectivity index (χ1n) is 8.11. The first-order chi connectivity index (χ1) is 8.94. The Hall–Kier alpha value is -0.560. The van der Waals surface area contributed by atoms with Crippen LogP contribution in [0.5, 0.6) is 0 Å². The maximum absolute atomic E-state index is 3.74. The van der Waals surface area contributed by atoms with Crippen molar-refractivity contribution in [2.45, 2.75) is 58.9 Å². The number of allylic oxidation sites excluding steroid dienone is 4. The van der Waals surface area contributed by atoms with Gasteiger partial charge in [0.1, 0.15) is 0 Å². The summed E-state index contributed by atoms with van der Waals surface area (Å²) in [6.45, 7) is 10.5. The molecule has 4 unspecified atom stereocenters. The highest BCUT2D eigenvalue weighted by atomic mass is 14.9. The first kappa shape index (κ1) is 13.4. The fourth-order valence-corrected chi connectivity index (χ4v) is 4.31. The largest absolute Gasteiger partial charge is 0.312 e. The predicted octanol–water partition coefficient (Wildman–Crippen LogP) is 4.31. The highest BCUT2D eigenvalue weighted by Gasteiger charge is 2.41. The Balaban J connectivity index is 1.74.